The fourth-order valence-electron chi connectivity index (χ4n) is 4.59. The van der Waals surface area contributed by atoms with E-state index in [1.807, 2.05) is 6.07 Å². The van der Waals surface area contributed by atoms with Crippen molar-refractivity contribution in [3.05, 3.63) is 80.9 Å². The summed E-state index contributed by atoms with van der Waals surface area (Å²) in [6, 6.07) is 21.2. The van der Waals surface area contributed by atoms with E-state index in [1.54, 1.807) is 0 Å². The van der Waals surface area contributed by atoms with Gasteiger partial charge in [0.05, 0.1) is 20.3 Å². The van der Waals surface area contributed by atoms with Gasteiger partial charge in [-0.05, 0) is 67.1 Å². The number of fused-ring (bicyclic) bond motifs is 2. The van der Waals surface area contributed by atoms with E-state index in [-0.39, 0.29) is 5.84 Å². The van der Waals surface area contributed by atoms with Crippen molar-refractivity contribution in [2.75, 3.05) is 13.1 Å². The van der Waals surface area contributed by atoms with Crippen LogP contribution in [0.15, 0.2) is 74.6 Å². The maximum absolute atomic E-state index is 7.75. The van der Waals surface area contributed by atoms with Crippen molar-refractivity contribution in [1.82, 2.24) is 15.3 Å². The van der Waals surface area contributed by atoms with E-state index in [9.17, 15) is 0 Å². The summed E-state index contributed by atoms with van der Waals surface area (Å²) < 4.78 is 1.87. The van der Waals surface area contributed by atoms with Crippen LogP contribution in [0.1, 0.15) is 17.7 Å². The number of aromatic nitrogens is 2. The maximum Gasteiger partial charge on any atom is 0.140 e. The van der Waals surface area contributed by atoms with Crippen molar-refractivity contribution in [2.24, 2.45) is 10.7 Å². The van der Waals surface area contributed by atoms with E-state index in [4.69, 9.17) is 11.1 Å². The molecule has 0 atom stereocenters. The molecule has 6 N–H and O–H groups in total. The molecule has 0 bridgehead atoms. The van der Waals surface area contributed by atoms with Crippen LogP contribution in [0.4, 0.5) is 0 Å². The first-order valence-corrected chi connectivity index (χ1v) is 12.9. The minimum absolute atomic E-state index is 0.0120. The number of hydrogen-bond acceptors (Lipinski definition) is 3. The molecule has 8 heteroatoms. The number of amidine groups is 2. The lowest BCUT2D eigenvalue weighted by Gasteiger charge is -2.14. The van der Waals surface area contributed by atoms with Gasteiger partial charge in [-0.2, -0.15) is 0 Å². The molecule has 0 aliphatic carbocycles. The highest BCUT2D eigenvalue weighted by Crippen LogP contribution is 2.37. The second kappa shape index (κ2) is 8.70. The van der Waals surface area contributed by atoms with Crippen molar-refractivity contribution in [1.29, 1.82) is 5.41 Å². The van der Waals surface area contributed by atoms with Gasteiger partial charge < -0.3 is 21.0 Å². The molecule has 6 nitrogen and oxygen atoms in total. The third-order valence-corrected chi connectivity index (χ3v) is 8.06. The molecule has 0 amide bonds. The normalized spacial score (nSPS) is 13.7. The van der Waals surface area contributed by atoms with Gasteiger partial charge in [-0.1, -0.05) is 48.5 Å². The average Bonchev–Trinajstić information content (AvgIpc) is 3.41. The Bertz CT molecular complexity index is 1640. The molecule has 0 radical (unpaired) electrons. The zero-order valence-corrected chi connectivity index (χ0v) is 21.8. The van der Waals surface area contributed by atoms with Crippen LogP contribution in [0, 0.1) is 5.41 Å². The highest BCUT2D eigenvalue weighted by molar-refractivity contribution is 9.11. The van der Waals surface area contributed by atoms with E-state index in [2.05, 4.69) is 107 Å². The van der Waals surface area contributed by atoms with Crippen LogP contribution >= 0.6 is 31.9 Å². The lowest BCUT2D eigenvalue weighted by atomic mass is 10.0. The molecule has 1 aliphatic heterocycles. The van der Waals surface area contributed by atoms with Crippen LogP contribution < -0.4 is 11.1 Å². The lowest BCUT2D eigenvalue weighted by Crippen LogP contribution is -2.30. The summed E-state index contributed by atoms with van der Waals surface area (Å²) in [5.74, 6) is 0.981. The van der Waals surface area contributed by atoms with Crippen LogP contribution in [-0.4, -0.2) is 34.7 Å². The van der Waals surface area contributed by atoms with Gasteiger partial charge in [-0.25, -0.2) is 0 Å². The SMILES string of the molecule is N=C(N)c1[nH]c2cc(-c3ccc(-c4[nH]c5cc(C6=NCCCN6)ccc5c4Br)cc3)ccc2c1Br. The fourth-order valence-corrected chi connectivity index (χ4v) is 5.93. The molecule has 0 spiro atoms. The Balaban J connectivity index is 1.34. The van der Waals surface area contributed by atoms with E-state index < -0.39 is 0 Å². The molecule has 2 aromatic heterocycles. The van der Waals surface area contributed by atoms with Crippen LogP contribution in [0.3, 0.4) is 0 Å². The standard InChI is InChI=1S/C27H22Br2N6/c28-22-18-9-7-17(27-32-10-1-11-33-27)13-21(18)34-24(22)15-4-2-14(3-5-15)16-6-8-19-20(12-16)35-25(23(19)29)26(30)31/h2-9,12-13,34-35H,1,10-11H2,(H3,30,31)(H,32,33). The van der Waals surface area contributed by atoms with Crippen molar-refractivity contribution in [2.45, 2.75) is 6.42 Å². The number of nitrogen functional groups attached to an aromatic ring is 1. The zero-order valence-electron chi connectivity index (χ0n) is 18.7. The molecular formula is C27H22Br2N6. The van der Waals surface area contributed by atoms with E-state index >= 15 is 0 Å². The van der Waals surface area contributed by atoms with Crippen molar-refractivity contribution in [3.8, 4) is 22.4 Å². The van der Waals surface area contributed by atoms with Gasteiger partial charge in [0.25, 0.3) is 0 Å². The molecular weight excluding hydrogens is 568 g/mol. The minimum Gasteiger partial charge on any atom is -0.382 e. The fraction of sp³-hybridized carbons (Fsp3) is 0.111. The number of benzene rings is 3. The van der Waals surface area contributed by atoms with Gasteiger partial charge in [0.2, 0.25) is 0 Å². The van der Waals surface area contributed by atoms with Gasteiger partial charge in [-0.3, -0.25) is 10.4 Å². The van der Waals surface area contributed by atoms with Gasteiger partial charge in [0.1, 0.15) is 11.7 Å². The van der Waals surface area contributed by atoms with Gasteiger partial charge >= 0.3 is 0 Å². The zero-order chi connectivity index (χ0) is 24.1. The highest BCUT2D eigenvalue weighted by atomic mass is 79.9. The molecule has 0 saturated carbocycles. The topological polar surface area (TPSA) is 106 Å². The summed E-state index contributed by atoms with van der Waals surface area (Å²) in [6.45, 7) is 1.84. The number of H-pyrrole nitrogens is 2. The number of nitrogens with two attached hydrogens (primary N) is 1. The Morgan fingerprint density at radius 2 is 1.43 bits per heavy atom. The smallest absolute Gasteiger partial charge is 0.140 e. The number of aromatic amines is 2. The molecule has 174 valence electrons. The first-order chi connectivity index (χ1) is 17.0. The summed E-state index contributed by atoms with van der Waals surface area (Å²) in [7, 11) is 0. The highest BCUT2D eigenvalue weighted by Gasteiger charge is 2.15. The summed E-state index contributed by atoms with van der Waals surface area (Å²) >= 11 is 7.35. The Hall–Kier alpha value is -3.36. The van der Waals surface area contributed by atoms with Crippen LogP contribution in [-0.2, 0) is 0 Å². The Labute approximate surface area is 218 Å². The monoisotopic (exact) mass is 588 g/mol. The molecule has 0 unspecified atom stereocenters. The molecule has 3 heterocycles. The molecule has 5 aromatic rings. The minimum atomic E-state index is 0.0120. The summed E-state index contributed by atoms with van der Waals surface area (Å²) in [6.07, 6.45) is 1.08. The second-order valence-corrected chi connectivity index (χ2v) is 10.2. The Kier molecular flexibility index (Phi) is 5.50. The predicted molar refractivity (Wildman–Crippen MR) is 151 cm³/mol. The average molecular weight is 590 g/mol. The van der Waals surface area contributed by atoms with Crippen LogP contribution in [0.5, 0.6) is 0 Å². The molecule has 0 fully saturated rings. The van der Waals surface area contributed by atoms with E-state index in [0.717, 1.165) is 84.0 Å². The third kappa shape index (κ3) is 3.86. The molecule has 0 saturated heterocycles. The van der Waals surface area contributed by atoms with Crippen LogP contribution in [0.2, 0.25) is 0 Å². The second-order valence-electron chi connectivity index (χ2n) is 8.65. The quantitative estimate of drug-likeness (QED) is 0.121. The van der Waals surface area contributed by atoms with Crippen LogP contribution in [0.25, 0.3) is 44.2 Å². The molecule has 6 rings (SSSR count). The number of rotatable bonds is 4. The maximum atomic E-state index is 7.75. The Morgan fingerprint density at radius 3 is 2.14 bits per heavy atom. The van der Waals surface area contributed by atoms with Gasteiger partial charge in [-0.15, -0.1) is 0 Å². The third-order valence-electron chi connectivity index (χ3n) is 6.42. The van der Waals surface area contributed by atoms with E-state index in [1.165, 1.54) is 0 Å². The molecule has 35 heavy (non-hydrogen) atoms. The van der Waals surface area contributed by atoms with Gasteiger partial charge in [0, 0.05) is 40.5 Å². The summed E-state index contributed by atoms with van der Waals surface area (Å²) in [5, 5.41) is 13.3. The van der Waals surface area contributed by atoms with Gasteiger partial charge in [0.15, 0.2) is 0 Å². The largest absolute Gasteiger partial charge is 0.382 e. The number of nitrogens with one attached hydrogen (secondary N) is 4. The molecule has 3 aromatic carbocycles. The summed E-state index contributed by atoms with van der Waals surface area (Å²) in [4.78, 5) is 11.5. The Morgan fingerprint density at radius 1 is 0.800 bits per heavy atom. The lowest BCUT2D eigenvalue weighted by molar-refractivity contribution is 0.742. The first kappa shape index (κ1) is 22.1. The van der Waals surface area contributed by atoms with Crippen molar-refractivity contribution >= 4 is 65.3 Å². The predicted octanol–water partition coefficient (Wildman–Crippen LogP) is 6.53. The number of aliphatic imine (C=N–C) groups is 1. The van der Waals surface area contributed by atoms with E-state index in [0.29, 0.717) is 5.69 Å². The number of halogens is 2. The van der Waals surface area contributed by atoms with Crippen molar-refractivity contribution in [3.63, 3.8) is 0 Å². The summed E-state index contributed by atoms with van der Waals surface area (Å²) in [5.41, 5.74) is 13.8. The van der Waals surface area contributed by atoms with Crippen molar-refractivity contribution < 1.29 is 0 Å². The molecule has 1 aliphatic rings. The number of hydrogen-bond donors (Lipinski definition) is 5. The number of nitrogens with zero attached hydrogens (tertiary/aromatic N) is 1. The first-order valence-electron chi connectivity index (χ1n) is 11.4.